The number of aromatic nitrogens is 2. The highest BCUT2D eigenvalue weighted by atomic mass is 127. The van der Waals surface area contributed by atoms with Gasteiger partial charge in [-0.25, -0.2) is 0 Å². The molecule has 0 saturated carbocycles. The Morgan fingerprint density at radius 2 is 2.19 bits per heavy atom. The Balaban J connectivity index is 2.56. The molecule has 0 aromatic carbocycles. The van der Waals surface area contributed by atoms with Crippen molar-refractivity contribution in [2.45, 2.75) is 12.7 Å². The van der Waals surface area contributed by atoms with Gasteiger partial charge < -0.3 is 9.47 Å². The third-order valence-electron chi connectivity index (χ3n) is 1.58. The Labute approximate surface area is 104 Å². The minimum Gasteiger partial charge on any atom is -0.466 e. The van der Waals surface area contributed by atoms with Gasteiger partial charge in [0.15, 0.2) is 6.61 Å². The standard InChI is InChI=1S/C8H10F3IN2O2/c1-15-3-2-14-4-6(12)7(13-14)16-5-8(9,10)11/h4H,2-3,5H2,1H3. The molecule has 1 aromatic rings. The van der Waals surface area contributed by atoms with Crippen molar-refractivity contribution in [3.05, 3.63) is 9.77 Å². The molecule has 1 aromatic heterocycles. The molecule has 0 aliphatic heterocycles. The third kappa shape index (κ3) is 4.56. The van der Waals surface area contributed by atoms with E-state index in [-0.39, 0.29) is 5.88 Å². The Morgan fingerprint density at radius 3 is 2.75 bits per heavy atom. The predicted octanol–water partition coefficient (Wildman–Crippen LogP) is 2.08. The second kappa shape index (κ2) is 5.71. The molecule has 0 saturated heterocycles. The van der Waals surface area contributed by atoms with Crippen LogP contribution in [0.25, 0.3) is 0 Å². The normalized spacial score (nSPS) is 11.8. The Morgan fingerprint density at radius 1 is 1.50 bits per heavy atom. The maximum Gasteiger partial charge on any atom is 0.422 e. The van der Waals surface area contributed by atoms with E-state index in [1.165, 1.54) is 11.8 Å². The zero-order valence-electron chi connectivity index (χ0n) is 8.42. The lowest BCUT2D eigenvalue weighted by molar-refractivity contribution is -0.154. The van der Waals surface area contributed by atoms with Gasteiger partial charge in [0.2, 0.25) is 5.88 Å². The van der Waals surface area contributed by atoms with Crippen LogP contribution in [0, 0.1) is 3.57 Å². The molecule has 8 heteroatoms. The van der Waals surface area contributed by atoms with Crippen LogP contribution < -0.4 is 4.74 Å². The van der Waals surface area contributed by atoms with Gasteiger partial charge in [-0.2, -0.15) is 13.2 Å². The lowest BCUT2D eigenvalue weighted by Crippen LogP contribution is -2.19. The van der Waals surface area contributed by atoms with Gasteiger partial charge in [-0.3, -0.25) is 4.68 Å². The smallest absolute Gasteiger partial charge is 0.422 e. The third-order valence-corrected chi connectivity index (χ3v) is 2.32. The molecule has 4 nitrogen and oxygen atoms in total. The predicted molar refractivity (Wildman–Crippen MR) is 58.4 cm³/mol. The molecule has 0 amide bonds. The summed E-state index contributed by atoms with van der Waals surface area (Å²) in [4.78, 5) is 0. The largest absolute Gasteiger partial charge is 0.466 e. The number of halogens is 4. The summed E-state index contributed by atoms with van der Waals surface area (Å²) in [6.07, 6.45) is -2.75. The van der Waals surface area contributed by atoms with E-state index < -0.39 is 12.8 Å². The van der Waals surface area contributed by atoms with Crippen LogP contribution in [-0.2, 0) is 11.3 Å². The van der Waals surface area contributed by atoms with Gasteiger partial charge in [0, 0.05) is 13.3 Å². The van der Waals surface area contributed by atoms with E-state index in [1.54, 1.807) is 6.20 Å². The SMILES string of the molecule is COCCn1cc(I)c(OCC(F)(F)F)n1. The van der Waals surface area contributed by atoms with Crippen LogP contribution >= 0.6 is 22.6 Å². The van der Waals surface area contributed by atoms with Crippen LogP contribution in [0.5, 0.6) is 5.88 Å². The fourth-order valence-corrected chi connectivity index (χ4v) is 1.51. The van der Waals surface area contributed by atoms with Crippen molar-refractivity contribution in [1.82, 2.24) is 9.78 Å². The fourth-order valence-electron chi connectivity index (χ4n) is 0.927. The molecule has 16 heavy (non-hydrogen) atoms. The Bertz CT molecular complexity index is 341. The van der Waals surface area contributed by atoms with E-state index in [4.69, 9.17) is 4.74 Å². The van der Waals surface area contributed by atoms with E-state index in [0.717, 1.165) is 0 Å². The molecule has 1 heterocycles. The first-order valence-corrected chi connectivity index (χ1v) is 5.41. The second-order valence-electron chi connectivity index (χ2n) is 2.94. The first-order valence-electron chi connectivity index (χ1n) is 4.34. The summed E-state index contributed by atoms with van der Waals surface area (Å²) in [5.41, 5.74) is 0. The highest BCUT2D eigenvalue weighted by Gasteiger charge is 2.29. The number of hydrogen-bond acceptors (Lipinski definition) is 3. The highest BCUT2D eigenvalue weighted by molar-refractivity contribution is 14.1. The molecule has 92 valence electrons. The molecule has 0 fully saturated rings. The van der Waals surface area contributed by atoms with Gasteiger partial charge in [0.25, 0.3) is 0 Å². The van der Waals surface area contributed by atoms with Crippen molar-refractivity contribution < 1.29 is 22.6 Å². The summed E-state index contributed by atoms with van der Waals surface area (Å²) in [6.45, 7) is -0.414. The number of methoxy groups -OCH3 is 1. The Hall–Kier alpha value is -0.510. The van der Waals surface area contributed by atoms with Crippen LogP contribution in [0.4, 0.5) is 13.2 Å². The van der Waals surface area contributed by atoms with Crippen LogP contribution in [0.1, 0.15) is 0 Å². The second-order valence-corrected chi connectivity index (χ2v) is 4.10. The number of nitrogens with zero attached hydrogens (tertiary/aromatic N) is 2. The first-order chi connectivity index (χ1) is 7.42. The van der Waals surface area contributed by atoms with Crippen LogP contribution in [0.3, 0.4) is 0 Å². The Kier molecular flexibility index (Phi) is 4.84. The van der Waals surface area contributed by atoms with Crippen molar-refractivity contribution in [2.24, 2.45) is 0 Å². The average Bonchev–Trinajstić information content (AvgIpc) is 2.52. The van der Waals surface area contributed by atoms with E-state index in [9.17, 15) is 13.2 Å². The van der Waals surface area contributed by atoms with E-state index in [2.05, 4.69) is 9.84 Å². The van der Waals surface area contributed by atoms with E-state index in [0.29, 0.717) is 16.7 Å². The zero-order chi connectivity index (χ0) is 12.2. The van der Waals surface area contributed by atoms with Crippen molar-refractivity contribution in [1.29, 1.82) is 0 Å². The maximum atomic E-state index is 11.9. The van der Waals surface area contributed by atoms with Crippen molar-refractivity contribution in [3.63, 3.8) is 0 Å². The number of alkyl halides is 3. The lowest BCUT2D eigenvalue weighted by atomic mass is 10.6. The van der Waals surface area contributed by atoms with Gasteiger partial charge in [-0.1, -0.05) is 0 Å². The first kappa shape index (κ1) is 13.6. The van der Waals surface area contributed by atoms with E-state index >= 15 is 0 Å². The molecule has 0 atom stereocenters. The molecule has 0 N–H and O–H groups in total. The minimum absolute atomic E-state index is 0.00553. The number of rotatable bonds is 5. The molecule has 0 aliphatic carbocycles. The van der Waals surface area contributed by atoms with E-state index in [1.807, 2.05) is 22.6 Å². The fraction of sp³-hybridized carbons (Fsp3) is 0.625. The van der Waals surface area contributed by atoms with Crippen LogP contribution in [-0.4, -0.2) is 36.3 Å². The van der Waals surface area contributed by atoms with Crippen LogP contribution in [0.15, 0.2) is 6.20 Å². The van der Waals surface area contributed by atoms with Gasteiger partial charge >= 0.3 is 6.18 Å². The zero-order valence-corrected chi connectivity index (χ0v) is 10.6. The highest BCUT2D eigenvalue weighted by Crippen LogP contribution is 2.21. The quantitative estimate of drug-likeness (QED) is 0.763. The average molecular weight is 350 g/mol. The van der Waals surface area contributed by atoms with Crippen molar-refractivity contribution in [2.75, 3.05) is 20.3 Å². The molecular formula is C8H10F3IN2O2. The van der Waals surface area contributed by atoms with Crippen molar-refractivity contribution >= 4 is 22.6 Å². The monoisotopic (exact) mass is 350 g/mol. The summed E-state index contributed by atoms with van der Waals surface area (Å²) < 4.78 is 47.1. The minimum atomic E-state index is -4.35. The summed E-state index contributed by atoms with van der Waals surface area (Å²) in [5.74, 6) is -0.00553. The van der Waals surface area contributed by atoms with Gasteiger partial charge in [-0.05, 0) is 22.6 Å². The summed E-state index contributed by atoms with van der Waals surface area (Å²) >= 11 is 1.87. The molecule has 0 bridgehead atoms. The lowest BCUT2D eigenvalue weighted by Gasteiger charge is -2.06. The van der Waals surface area contributed by atoms with Crippen LogP contribution in [0.2, 0.25) is 0 Å². The molecule has 0 spiro atoms. The molecule has 0 unspecified atom stereocenters. The summed E-state index contributed by atoms with van der Waals surface area (Å²) in [6, 6.07) is 0. The van der Waals surface area contributed by atoms with Gasteiger partial charge in [-0.15, -0.1) is 5.10 Å². The van der Waals surface area contributed by atoms with Gasteiger partial charge in [0.05, 0.1) is 16.7 Å². The topological polar surface area (TPSA) is 36.3 Å². The molecular weight excluding hydrogens is 340 g/mol. The molecule has 1 rings (SSSR count). The van der Waals surface area contributed by atoms with Gasteiger partial charge in [0.1, 0.15) is 0 Å². The number of hydrogen-bond donors (Lipinski definition) is 0. The molecule has 0 aliphatic rings. The summed E-state index contributed by atoms with van der Waals surface area (Å²) in [7, 11) is 1.54. The maximum absolute atomic E-state index is 11.9. The molecule has 0 radical (unpaired) electrons. The summed E-state index contributed by atoms with van der Waals surface area (Å²) in [5, 5.41) is 3.86. The van der Waals surface area contributed by atoms with Crippen molar-refractivity contribution in [3.8, 4) is 5.88 Å². The number of ether oxygens (including phenoxy) is 2.